The van der Waals surface area contributed by atoms with E-state index in [4.69, 9.17) is 26.3 Å². The summed E-state index contributed by atoms with van der Waals surface area (Å²) in [5, 5.41) is 37.9. The van der Waals surface area contributed by atoms with Gasteiger partial charge in [-0.05, 0) is 12.1 Å². The Bertz CT molecular complexity index is 339. The van der Waals surface area contributed by atoms with Gasteiger partial charge in [0, 0.05) is 5.56 Å². The molecule has 6 nitrogen and oxygen atoms in total. The lowest BCUT2D eigenvalue weighted by molar-refractivity contribution is 0.318. The molecule has 0 radical (unpaired) electrons. The first-order chi connectivity index (χ1) is 6.06. The summed E-state index contributed by atoms with van der Waals surface area (Å²) in [4.78, 5) is 0. The molecular weight excluding hydrogens is 176 g/mol. The molecule has 0 unspecified atom stereocenters. The molecule has 0 spiro atoms. The number of phenols is 3. The Morgan fingerprint density at radius 3 is 2.00 bits per heavy atom. The standard InChI is InChI=1S/C7H8N2O4/c8-7(9-13)3-1-4(10)6(12)5(11)2-3/h1-2,10-13H,(H2,8,9). The number of nitrogens with two attached hydrogens (primary N) is 1. The topological polar surface area (TPSA) is 119 Å². The first-order valence-electron chi connectivity index (χ1n) is 3.29. The fourth-order valence-electron chi connectivity index (χ4n) is 0.810. The fourth-order valence-corrected chi connectivity index (χ4v) is 0.810. The van der Waals surface area contributed by atoms with Gasteiger partial charge in [-0.25, -0.2) is 0 Å². The summed E-state index contributed by atoms with van der Waals surface area (Å²) in [5.41, 5.74) is 5.29. The predicted octanol–water partition coefficient (Wildman–Crippen LogP) is -0.102. The summed E-state index contributed by atoms with van der Waals surface area (Å²) in [5.74, 6) is -2.00. The van der Waals surface area contributed by atoms with Crippen LogP contribution in [-0.4, -0.2) is 26.4 Å². The van der Waals surface area contributed by atoms with E-state index in [1.165, 1.54) is 0 Å². The zero-order valence-electron chi connectivity index (χ0n) is 6.47. The smallest absolute Gasteiger partial charge is 0.200 e. The van der Waals surface area contributed by atoms with Crippen LogP contribution in [0.1, 0.15) is 5.56 Å². The fraction of sp³-hybridized carbons (Fsp3) is 0. The van der Waals surface area contributed by atoms with Gasteiger partial charge in [-0.3, -0.25) is 0 Å². The average Bonchev–Trinajstić information content (AvgIpc) is 2.12. The molecule has 0 bridgehead atoms. The quantitative estimate of drug-likeness (QED) is 0.137. The summed E-state index contributed by atoms with van der Waals surface area (Å²) >= 11 is 0. The Balaban J connectivity index is 3.29. The Morgan fingerprint density at radius 2 is 1.62 bits per heavy atom. The van der Waals surface area contributed by atoms with Crippen molar-refractivity contribution in [1.29, 1.82) is 0 Å². The van der Waals surface area contributed by atoms with E-state index >= 15 is 0 Å². The van der Waals surface area contributed by atoms with E-state index in [-0.39, 0.29) is 11.4 Å². The van der Waals surface area contributed by atoms with Gasteiger partial charge >= 0.3 is 0 Å². The van der Waals surface area contributed by atoms with Crippen molar-refractivity contribution in [2.24, 2.45) is 10.9 Å². The second kappa shape index (κ2) is 3.10. The maximum absolute atomic E-state index is 9.02. The lowest BCUT2D eigenvalue weighted by atomic mass is 10.1. The van der Waals surface area contributed by atoms with Gasteiger partial charge in [-0.1, -0.05) is 5.16 Å². The third-order valence-electron chi connectivity index (χ3n) is 1.47. The van der Waals surface area contributed by atoms with Gasteiger partial charge in [-0.15, -0.1) is 0 Å². The van der Waals surface area contributed by atoms with E-state index in [9.17, 15) is 0 Å². The monoisotopic (exact) mass is 184 g/mol. The average molecular weight is 184 g/mol. The molecule has 13 heavy (non-hydrogen) atoms. The third-order valence-corrected chi connectivity index (χ3v) is 1.47. The van der Waals surface area contributed by atoms with E-state index in [2.05, 4.69) is 5.16 Å². The van der Waals surface area contributed by atoms with Crippen molar-refractivity contribution in [3.05, 3.63) is 17.7 Å². The number of amidine groups is 1. The van der Waals surface area contributed by atoms with Crippen LogP contribution in [0.25, 0.3) is 0 Å². The van der Waals surface area contributed by atoms with Gasteiger partial charge < -0.3 is 26.3 Å². The summed E-state index contributed by atoms with van der Waals surface area (Å²) in [6, 6.07) is 2.12. The molecule has 0 aromatic heterocycles. The van der Waals surface area contributed by atoms with Crippen LogP contribution in [0.4, 0.5) is 0 Å². The lowest BCUT2D eigenvalue weighted by Crippen LogP contribution is -2.12. The highest BCUT2D eigenvalue weighted by molar-refractivity contribution is 5.98. The molecule has 0 aliphatic rings. The van der Waals surface area contributed by atoms with E-state index in [0.29, 0.717) is 0 Å². The van der Waals surface area contributed by atoms with Crippen LogP contribution in [0.5, 0.6) is 17.2 Å². The highest BCUT2D eigenvalue weighted by Crippen LogP contribution is 2.35. The Hall–Kier alpha value is -2.11. The minimum Gasteiger partial charge on any atom is -0.504 e. The molecule has 0 saturated carbocycles. The molecule has 0 fully saturated rings. The van der Waals surface area contributed by atoms with Crippen molar-refractivity contribution in [2.45, 2.75) is 0 Å². The number of benzene rings is 1. The first-order valence-corrected chi connectivity index (χ1v) is 3.29. The third kappa shape index (κ3) is 1.56. The Kier molecular flexibility index (Phi) is 2.14. The highest BCUT2D eigenvalue weighted by atomic mass is 16.4. The van der Waals surface area contributed by atoms with E-state index in [0.717, 1.165) is 12.1 Å². The van der Waals surface area contributed by atoms with Gasteiger partial charge in [-0.2, -0.15) is 0 Å². The zero-order chi connectivity index (χ0) is 10.0. The minimum atomic E-state index is -0.644. The number of hydrogen-bond donors (Lipinski definition) is 5. The zero-order valence-corrected chi connectivity index (χ0v) is 6.47. The van der Waals surface area contributed by atoms with Crippen LogP contribution in [0, 0.1) is 0 Å². The molecule has 6 heteroatoms. The maximum Gasteiger partial charge on any atom is 0.200 e. The predicted molar refractivity (Wildman–Crippen MR) is 43.9 cm³/mol. The van der Waals surface area contributed by atoms with Crippen LogP contribution in [0.15, 0.2) is 17.3 Å². The minimum absolute atomic E-state index is 0.107. The van der Waals surface area contributed by atoms with Crippen molar-refractivity contribution in [3.63, 3.8) is 0 Å². The number of oxime groups is 1. The van der Waals surface area contributed by atoms with Gasteiger partial charge in [0.1, 0.15) is 0 Å². The molecule has 70 valence electrons. The Labute approximate surface area is 73.2 Å². The lowest BCUT2D eigenvalue weighted by Gasteiger charge is -2.03. The first kappa shape index (κ1) is 8.98. The van der Waals surface area contributed by atoms with E-state index in [1.807, 2.05) is 0 Å². The van der Waals surface area contributed by atoms with Crippen LogP contribution in [0.3, 0.4) is 0 Å². The largest absolute Gasteiger partial charge is 0.504 e. The highest BCUT2D eigenvalue weighted by Gasteiger charge is 2.09. The molecule has 1 aromatic rings. The molecule has 6 N–H and O–H groups in total. The SMILES string of the molecule is N/C(=N/O)c1cc(O)c(O)c(O)c1. The van der Waals surface area contributed by atoms with Crippen LogP contribution < -0.4 is 5.73 Å². The molecule has 0 aliphatic carbocycles. The van der Waals surface area contributed by atoms with Gasteiger partial charge in [0.25, 0.3) is 0 Å². The molecule has 0 heterocycles. The van der Waals surface area contributed by atoms with Crippen LogP contribution >= 0.6 is 0 Å². The number of hydrogen-bond acceptors (Lipinski definition) is 5. The maximum atomic E-state index is 9.02. The number of aromatic hydroxyl groups is 3. The van der Waals surface area contributed by atoms with Crippen molar-refractivity contribution in [3.8, 4) is 17.2 Å². The van der Waals surface area contributed by atoms with Crippen molar-refractivity contribution in [1.82, 2.24) is 0 Å². The molecule has 0 saturated heterocycles. The number of nitrogens with zero attached hydrogens (tertiary/aromatic N) is 1. The normalized spacial score (nSPS) is 11.5. The second-order valence-corrected chi connectivity index (χ2v) is 2.35. The molecule has 0 amide bonds. The number of rotatable bonds is 1. The summed E-state index contributed by atoms with van der Waals surface area (Å²) in [6.45, 7) is 0. The Morgan fingerprint density at radius 1 is 1.15 bits per heavy atom. The molecule has 0 aliphatic heterocycles. The summed E-state index contributed by atoms with van der Waals surface area (Å²) in [6.07, 6.45) is 0. The van der Waals surface area contributed by atoms with E-state index < -0.39 is 17.2 Å². The second-order valence-electron chi connectivity index (χ2n) is 2.35. The van der Waals surface area contributed by atoms with E-state index in [1.54, 1.807) is 0 Å². The van der Waals surface area contributed by atoms with Gasteiger partial charge in [0.2, 0.25) is 0 Å². The molecule has 1 aromatic carbocycles. The molecular formula is C7H8N2O4. The van der Waals surface area contributed by atoms with Crippen molar-refractivity contribution in [2.75, 3.05) is 0 Å². The van der Waals surface area contributed by atoms with Crippen LogP contribution in [-0.2, 0) is 0 Å². The summed E-state index contributed by atoms with van der Waals surface area (Å²) in [7, 11) is 0. The summed E-state index contributed by atoms with van der Waals surface area (Å²) < 4.78 is 0. The van der Waals surface area contributed by atoms with Crippen LogP contribution in [0.2, 0.25) is 0 Å². The van der Waals surface area contributed by atoms with Gasteiger partial charge in [0.05, 0.1) is 0 Å². The number of phenolic OH excluding ortho intramolecular Hbond substituents is 3. The van der Waals surface area contributed by atoms with Crippen molar-refractivity contribution >= 4 is 5.84 Å². The van der Waals surface area contributed by atoms with Crippen molar-refractivity contribution < 1.29 is 20.5 Å². The van der Waals surface area contributed by atoms with Gasteiger partial charge in [0.15, 0.2) is 23.1 Å². The molecule has 1 rings (SSSR count). The molecule has 0 atom stereocenters.